The van der Waals surface area contributed by atoms with Crippen molar-refractivity contribution in [1.29, 1.82) is 0 Å². The smallest absolute Gasteiger partial charge is 0.187 e. The molecule has 120 valence electrons. The first-order valence-electron chi connectivity index (χ1n) is 6.20. The van der Waals surface area contributed by atoms with Crippen molar-refractivity contribution >= 4 is 0 Å². The van der Waals surface area contributed by atoms with E-state index in [4.69, 9.17) is 29.5 Å². The van der Waals surface area contributed by atoms with Crippen LogP contribution in [0.2, 0.25) is 0 Å². The lowest BCUT2D eigenvalue weighted by Gasteiger charge is -2.24. The molecule has 4 unspecified atom stereocenters. The number of rotatable bonds is 8. The number of ether oxygens (including phenoxy) is 3. The van der Waals surface area contributed by atoms with E-state index in [0.29, 0.717) is 0 Å². The molecule has 1 saturated heterocycles. The fourth-order valence-electron chi connectivity index (χ4n) is 1.89. The summed E-state index contributed by atoms with van der Waals surface area (Å²) in [5.74, 6) is 0. The van der Waals surface area contributed by atoms with Crippen molar-refractivity contribution in [3.8, 4) is 0 Å². The normalized spacial score (nSPS) is 35.0. The Kier molecular flexibility index (Phi) is 7.23. The highest BCUT2D eigenvalue weighted by Crippen LogP contribution is 2.24. The second kappa shape index (κ2) is 8.17. The van der Waals surface area contributed by atoms with Crippen molar-refractivity contribution in [2.75, 3.05) is 26.9 Å². The highest BCUT2D eigenvalue weighted by atomic mass is 16.7. The van der Waals surface area contributed by atoms with Gasteiger partial charge in [0.1, 0.15) is 36.6 Å². The van der Waals surface area contributed by atoms with E-state index in [9.17, 15) is 15.3 Å². The van der Waals surface area contributed by atoms with Crippen LogP contribution in [0.3, 0.4) is 0 Å². The molecule has 1 fully saturated rings. The van der Waals surface area contributed by atoms with Crippen LogP contribution in [0.5, 0.6) is 0 Å². The van der Waals surface area contributed by atoms with E-state index < -0.39 is 62.7 Å². The Labute approximate surface area is 115 Å². The maximum atomic E-state index is 9.74. The number of aliphatic hydroxyl groups is 6. The summed E-state index contributed by atoms with van der Waals surface area (Å²) in [6.45, 7) is -1.53. The second-order valence-electron chi connectivity index (χ2n) is 4.56. The summed E-state index contributed by atoms with van der Waals surface area (Å²) in [5.41, 5.74) is 0. The molecule has 0 bridgehead atoms. The van der Waals surface area contributed by atoms with Crippen LogP contribution in [0.25, 0.3) is 0 Å². The number of hydrogen-bond acceptors (Lipinski definition) is 9. The molecule has 0 aromatic heterocycles. The summed E-state index contributed by atoms with van der Waals surface area (Å²) in [4.78, 5) is 0. The fraction of sp³-hybridized carbons (Fsp3) is 1.00. The van der Waals surface area contributed by atoms with E-state index in [1.165, 1.54) is 7.11 Å². The predicted molar refractivity (Wildman–Crippen MR) is 63.6 cm³/mol. The molecular formula is C11H22O9. The minimum absolute atomic E-state index is 0.409. The van der Waals surface area contributed by atoms with Crippen molar-refractivity contribution in [2.24, 2.45) is 0 Å². The third-order valence-corrected chi connectivity index (χ3v) is 3.15. The van der Waals surface area contributed by atoms with Crippen LogP contribution >= 0.6 is 0 Å². The van der Waals surface area contributed by atoms with E-state index in [0.717, 1.165) is 0 Å². The summed E-state index contributed by atoms with van der Waals surface area (Å²) in [7, 11) is 1.33. The summed E-state index contributed by atoms with van der Waals surface area (Å²) in [5, 5.41) is 55.6. The standard InChI is InChI=1S/C11H22O9/c1-18-10-9(17)7(3-13)20-11(10)19-4-6(15)8(16)5(14)2-12/h5-17H,2-4H2,1H3/t5?,6?,7-,8?,9?,10+,11-/m1/s1. The van der Waals surface area contributed by atoms with Gasteiger partial charge in [-0.05, 0) is 0 Å². The van der Waals surface area contributed by atoms with Crippen molar-refractivity contribution in [2.45, 2.75) is 42.9 Å². The van der Waals surface area contributed by atoms with Gasteiger partial charge in [0.2, 0.25) is 0 Å². The van der Waals surface area contributed by atoms with E-state index in [1.807, 2.05) is 0 Å². The Morgan fingerprint density at radius 1 is 1.15 bits per heavy atom. The Morgan fingerprint density at radius 2 is 1.80 bits per heavy atom. The quantitative estimate of drug-likeness (QED) is 0.265. The van der Waals surface area contributed by atoms with Gasteiger partial charge in [-0.25, -0.2) is 0 Å². The summed E-state index contributed by atoms with van der Waals surface area (Å²) in [6, 6.07) is 0. The van der Waals surface area contributed by atoms with Crippen LogP contribution in [-0.4, -0.2) is 100 Å². The molecule has 1 heterocycles. The third-order valence-electron chi connectivity index (χ3n) is 3.15. The molecule has 9 heteroatoms. The Hall–Kier alpha value is -0.360. The van der Waals surface area contributed by atoms with Crippen LogP contribution in [0, 0.1) is 0 Å². The lowest BCUT2D eigenvalue weighted by molar-refractivity contribution is -0.198. The maximum Gasteiger partial charge on any atom is 0.187 e. The van der Waals surface area contributed by atoms with Gasteiger partial charge in [-0.3, -0.25) is 0 Å². The molecule has 1 rings (SSSR count). The SMILES string of the molecule is CO[C@H]1C(O)[C@@H](CO)O[C@H]1OCC(O)C(O)C(O)CO. The van der Waals surface area contributed by atoms with Crippen LogP contribution in [0.1, 0.15) is 0 Å². The number of aliphatic hydroxyl groups excluding tert-OH is 6. The highest BCUT2D eigenvalue weighted by Gasteiger charge is 2.44. The monoisotopic (exact) mass is 298 g/mol. The van der Waals surface area contributed by atoms with Crippen molar-refractivity contribution in [3.05, 3.63) is 0 Å². The van der Waals surface area contributed by atoms with E-state index in [2.05, 4.69) is 0 Å². The van der Waals surface area contributed by atoms with Gasteiger partial charge in [0.25, 0.3) is 0 Å². The molecular weight excluding hydrogens is 276 g/mol. The lowest BCUT2D eigenvalue weighted by atomic mass is 10.1. The topological polar surface area (TPSA) is 149 Å². The number of hydrogen-bond donors (Lipinski definition) is 6. The molecule has 6 N–H and O–H groups in total. The largest absolute Gasteiger partial charge is 0.394 e. The van der Waals surface area contributed by atoms with E-state index >= 15 is 0 Å². The van der Waals surface area contributed by atoms with E-state index in [-0.39, 0.29) is 0 Å². The molecule has 0 saturated carbocycles. The summed E-state index contributed by atoms with van der Waals surface area (Å²) >= 11 is 0. The number of methoxy groups -OCH3 is 1. The molecule has 0 spiro atoms. The molecule has 0 amide bonds. The molecule has 0 aromatic carbocycles. The summed E-state index contributed by atoms with van der Waals surface area (Å²) < 4.78 is 15.3. The minimum atomic E-state index is -1.58. The van der Waals surface area contributed by atoms with E-state index in [1.54, 1.807) is 0 Å². The molecule has 0 radical (unpaired) electrons. The van der Waals surface area contributed by atoms with Gasteiger partial charge in [-0.1, -0.05) is 0 Å². The van der Waals surface area contributed by atoms with Gasteiger partial charge in [0, 0.05) is 7.11 Å². The predicted octanol–water partition coefficient (Wildman–Crippen LogP) is -3.83. The average molecular weight is 298 g/mol. The van der Waals surface area contributed by atoms with Gasteiger partial charge in [0.15, 0.2) is 6.29 Å². The minimum Gasteiger partial charge on any atom is -0.394 e. The molecule has 7 atom stereocenters. The first kappa shape index (κ1) is 17.7. The zero-order valence-corrected chi connectivity index (χ0v) is 11.1. The van der Waals surface area contributed by atoms with Gasteiger partial charge in [-0.2, -0.15) is 0 Å². The van der Waals surface area contributed by atoms with Crippen LogP contribution in [0.15, 0.2) is 0 Å². The van der Waals surface area contributed by atoms with Gasteiger partial charge < -0.3 is 44.8 Å². The van der Waals surface area contributed by atoms with Gasteiger partial charge in [-0.15, -0.1) is 0 Å². The average Bonchev–Trinajstić information content (AvgIpc) is 2.78. The van der Waals surface area contributed by atoms with Crippen LogP contribution < -0.4 is 0 Å². The zero-order valence-electron chi connectivity index (χ0n) is 11.1. The van der Waals surface area contributed by atoms with Crippen molar-refractivity contribution in [3.63, 3.8) is 0 Å². The molecule has 0 aliphatic carbocycles. The van der Waals surface area contributed by atoms with Crippen molar-refractivity contribution < 1.29 is 44.8 Å². The zero-order chi connectivity index (χ0) is 15.3. The molecule has 9 nitrogen and oxygen atoms in total. The molecule has 0 aromatic rings. The van der Waals surface area contributed by atoms with Crippen LogP contribution in [-0.2, 0) is 14.2 Å². The molecule has 1 aliphatic rings. The molecule has 20 heavy (non-hydrogen) atoms. The summed E-state index contributed by atoms with van der Waals surface area (Å²) in [6.07, 6.45) is -8.36. The van der Waals surface area contributed by atoms with Gasteiger partial charge in [0.05, 0.1) is 19.8 Å². The first-order valence-corrected chi connectivity index (χ1v) is 6.20. The Balaban J connectivity index is 2.48. The Morgan fingerprint density at radius 3 is 2.30 bits per heavy atom. The highest BCUT2D eigenvalue weighted by molar-refractivity contribution is 4.87. The fourth-order valence-corrected chi connectivity index (χ4v) is 1.89. The lowest BCUT2D eigenvalue weighted by Crippen LogP contribution is -2.43. The second-order valence-corrected chi connectivity index (χ2v) is 4.56. The third kappa shape index (κ3) is 4.07. The van der Waals surface area contributed by atoms with Gasteiger partial charge >= 0.3 is 0 Å². The van der Waals surface area contributed by atoms with Crippen LogP contribution in [0.4, 0.5) is 0 Å². The molecule has 1 aliphatic heterocycles. The first-order chi connectivity index (χ1) is 9.46. The maximum absolute atomic E-state index is 9.74. The van der Waals surface area contributed by atoms with Crippen molar-refractivity contribution in [1.82, 2.24) is 0 Å². The Bertz CT molecular complexity index is 277.